The minimum atomic E-state index is -4.25. The van der Waals surface area contributed by atoms with Gasteiger partial charge < -0.3 is 9.88 Å². The van der Waals surface area contributed by atoms with Gasteiger partial charge in [0.25, 0.3) is 5.91 Å². The number of aryl methyl sites for hydroxylation is 1. The molecule has 0 aliphatic carbocycles. The molecule has 1 aliphatic heterocycles. The number of hydrogen-bond acceptors (Lipinski definition) is 3. The van der Waals surface area contributed by atoms with Crippen molar-refractivity contribution in [3.8, 4) is 11.3 Å². The predicted octanol–water partition coefficient (Wildman–Crippen LogP) is 3.86. The first kappa shape index (κ1) is 16.0. The maximum atomic E-state index is 12.9. The summed E-state index contributed by atoms with van der Waals surface area (Å²) >= 11 is 1.50. The summed E-state index contributed by atoms with van der Waals surface area (Å²) in [6.07, 6.45) is -2.14. The number of aromatic nitrogens is 2. The average Bonchev–Trinajstić information content (AvgIpc) is 3.14. The Morgan fingerprint density at radius 2 is 2.26 bits per heavy atom. The summed E-state index contributed by atoms with van der Waals surface area (Å²) in [5, 5.41) is 2.80. The van der Waals surface area contributed by atoms with Crippen LogP contribution in [0.1, 0.15) is 28.3 Å². The molecule has 4 nitrogen and oxygen atoms in total. The third kappa shape index (κ3) is 3.41. The van der Waals surface area contributed by atoms with E-state index in [4.69, 9.17) is 0 Å². The summed E-state index contributed by atoms with van der Waals surface area (Å²) in [4.78, 5) is 20.9. The van der Waals surface area contributed by atoms with Crippen molar-refractivity contribution in [3.63, 3.8) is 0 Å². The van der Waals surface area contributed by atoms with Gasteiger partial charge in [-0.2, -0.15) is 13.2 Å². The van der Waals surface area contributed by atoms with Gasteiger partial charge in [0.2, 0.25) is 0 Å². The normalized spacial score (nSPS) is 19.1. The van der Waals surface area contributed by atoms with E-state index in [0.29, 0.717) is 18.7 Å². The molecule has 124 valence electrons. The molecule has 8 heteroatoms. The molecular formula is C15H16F3N3OS. The van der Waals surface area contributed by atoms with Gasteiger partial charge in [-0.1, -0.05) is 0 Å². The van der Waals surface area contributed by atoms with Gasteiger partial charge in [-0.05, 0) is 25.8 Å². The first-order valence-corrected chi connectivity index (χ1v) is 8.19. The van der Waals surface area contributed by atoms with Gasteiger partial charge in [-0.3, -0.25) is 4.79 Å². The monoisotopic (exact) mass is 343 g/mol. The van der Waals surface area contributed by atoms with E-state index in [1.807, 2.05) is 12.3 Å². The Balaban J connectivity index is 1.74. The molecule has 1 N–H and O–H groups in total. The molecule has 1 amide bonds. The summed E-state index contributed by atoms with van der Waals surface area (Å²) in [6.45, 7) is 1.97. The van der Waals surface area contributed by atoms with Crippen LogP contribution in [-0.2, 0) is 0 Å². The Morgan fingerprint density at radius 1 is 1.48 bits per heavy atom. The zero-order valence-electron chi connectivity index (χ0n) is 12.5. The maximum absolute atomic E-state index is 12.9. The van der Waals surface area contributed by atoms with E-state index in [1.165, 1.54) is 16.2 Å². The Morgan fingerprint density at radius 3 is 2.91 bits per heavy atom. The lowest BCUT2D eigenvalue weighted by molar-refractivity contribution is -0.184. The van der Waals surface area contributed by atoms with Crippen molar-refractivity contribution >= 4 is 17.2 Å². The number of hydrogen-bond donors (Lipinski definition) is 1. The number of piperidine rings is 1. The van der Waals surface area contributed by atoms with Gasteiger partial charge in [-0.25, -0.2) is 4.98 Å². The predicted molar refractivity (Wildman–Crippen MR) is 81.3 cm³/mol. The van der Waals surface area contributed by atoms with Crippen LogP contribution in [0.3, 0.4) is 0 Å². The highest BCUT2D eigenvalue weighted by Gasteiger charge is 2.42. The third-order valence-corrected chi connectivity index (χ3v) is 4.77. The van der Waals surface area contributed by atoms with Crippen LogP contribution in [-0.4, -0.2) is 40.0 Å². The van der Waals surface area contributed by atoms with E-state index < -0.39 is 18.0 Å². The van der Waals surface area contributed by atoms with Gasteiger partial charge in [0.15, 0.2) is 0 Å². The topological polar surface area (TPSA) is 49.0 Å². The Hall–Kier alpha value is -1.83. The van der Waals surface area contributed by atoms with Gasteiger partial charge in [0.05, 0.1) is 16.6 Å². The number of H-pyrrole nitrogens is 1. The first-order valence-electron chi connectivity index (χ1n) is 7.31. The van der Waals surface area contributed by atoms with Crippen molar-refractivity contribution in [3.05, 3.63) is 28.3 Å². The number of rotatable bonds is 2. The zero-order chi connectivity index (χ0) is 16.6. The van der Waals surface area contributed by atoms with Crippen LogP contribution in [0.25, 0.3) is 11.3 Å². The highest BCUT2D eigenvalue weighted by Crippen LogP contribution is 2.33. The van der Waals surface area contributed by atoms with Crippen LogP contribution in [0.15, 0.2) is 17.6 Å². The van der Waals surface area contributed by atoms with Gasteiger partial charge >= 0.3 is 6.18 Å². The molecule has 0 bridgehead atoms. The molecule has 3 heterocycles. The second-order valence-corrected chi connectivity index (χ2v) is 6.75. The molecule has 2 aromatic rings. The lowest BCUT2D eigenvalue weighted by Gasteiger charge is -2.33. The number of carbonyl (C=O) groups is 1. The van der Waals surface area contributed by atoms with Crippen molar-refractivity contribution in [1.82, 2.24) is 14.9 Å². The van der Waals surface area contributed by atoms with Gasteiger partial charge in [0.1, 0.15) is 5.69 Å². The number of likely N-dealkylation sites (tertiary alicyclic amines) is 1. The lowest BCUT2D eigenvalue weighted by atomic mass is 9.97. The molecule has 1 atom stereocenters. The SMILES string of the molecule is Cc1nc(-c2c[nH]c(C(=O)N3CCC[C@H](C(F)(F)F)C3)c2)cs1. The number of nitrogens with zero attached hydrogens (tertiary/aromatic N) is 2. The van der Waals surface area contributed by atoms with Crippen molar-refractivity contribution in [1.29, 1.82) is 0 Å². The van der Waals surface area contributed by atoms with E-state index >= 15 is 0 Å². The number of thiazole rings is 1. The van der Waals surface area contributed by atoms with Crippen molar-refractivity contribution in [2.75, 3.05) is 13.1 Å². The molecule has 2 aromatic heterocycles. The highest BCUT2D eigenvalue weighted by atomic mass is 32.1. The molecular weight excluding hydrogens is 327 g/mol. The molecule has 3 rings (SSSR count). The van der Waals surface area contributed by atoms with Crippen LogP contribution in [0.5, 0.6) is 0 Å². The summed E-state index contributed by atoms with van der Waals surface area (Å²) in [5.74, 6) is -1.83. The van der Waals surface area contributed by atoms with E-state index in [0.717, 1.165) is 16.3 Å². The summed E-state index contributed by atoms with van der Waals surface area (Å²) in [5.41, 5.74) is 1.82. The fourth-order valence-electron chi connectivity index (χ4n) is 2.76. The standard InChI is InChI=1S/C15H16F3N3OS/c1-9-20-13(8-23-9)10-5-12(19-6-10)14(22)21-4-2-3-11(7-21)15(16,17)18/h5-6,8,11,19H,2-4,7H2,1H3/t11-/m0/s1. The van der Waals surface area contributed by atoms with E-state index in [9.17, 15) is 18.0 Å². The summed E-state index contributed by atoms with van der Waals surface area (Å²) < 4.78 is 38.6. The maximum Gasteiger partial charge on any atom is 0.393 e. The number of nitrogens with one attached hydrogen (secondary N) is 1. The molecule has 0 unspecified atom stereocenters. The Kier molecular flexibility index (Phi) is 4.18. The number of alkyl halides is 3. The lowest BCUT2D eigenvalue weighted by Crippen LogP contribution is -2.44. The van der Waals surface area contributed by atoms with Crippen LogP contribution >= 0.6 is 11.3 Å². The minimum absolute atomic E-state index is 0.0847. The largest absolute Gasteiger partial charge is 0.393 e. The van der Waals surface area contributed by atoms with Crippen LogP contribution in [0.2, 0.25) is 0 Å². The second-order valence-electron chi connectivity index (χ2n) is 5.69. The van der Waals surface area contributed by atoms with Crippen molar-refractivity contribution < 1.29 is 18.0 Å². The molecule has 0 saturated carbocycles. The average molecular weight is 343 g/mol. The van der Waals surface area contributed by atoms with E-state index in [2.05, 4.69) is 9.97 Å². The van der Waals surface area contributed by atoms with Gasteiger partial charge in [-0.15, -0.1) is 11.3 Å². The number of carbonyl (C=O) groups excluding carboxylic acids is 1. The molecule has 1 fully saturated rings. The van der Waals surface area contributed by atoms with Crippen molar-refractivity contribution in [2.45, 2.75) is 25.9 Å². The first-order chi connectivity index (χ1) is 10.8. The smallest absolute Gasteiger partial charge is 0.357 e. The minimum Gasteiger partial charge on any atom is -0.357 e. The quantitative estimate of drug-likeness (QED) is 0.900. The van der Waals surface area contributed by atoms with E-state index in [-0.39, 0.29) is 13.0 Å². The fraction of sp³-hybridized carbons (Fsp3) is 0.467. The molecule has 0 spiro atoms. The Labute approximate surface area is 135 Å². The third-order valence-electron chi connectivity index (χ3n) is 4.00. The number of aromatic amines is 1. The van der Waals surface area contributed by atoms with Gasteiger partial charge in [0, 0.05) is 30.2 Å². The highest BCUT2D eigenvalue weighted by molar-refractivity contribution is 7.09. The van der Waals surface area contributed by atoms with E-state index in [1.54, 1.807) is 12.3 Å². The molecule has 0 aromatic carbocycles. The molecule has 23 heavy (non-hydrogen) atoms. The molecule has 1 aliphatic rings. The summed E-state index contributed by atoms with van der Waals surface area (Å²) in [7, 11) is 0. The number of amides is 1. The van der Waals surface area contributed by atoms with Crippen LogP contribution in [0.4, 0.5) is 13.2 Å². The Bertz CT molecular complexity index is 707. The second kappa shape index (κ2) is 5.99. The molecule has 0 radical (unpaired) electrons. The van der Waals surface area contributed by atoms with Crippen molar-refractivity contribution in [2.24, 2.45) is 5.92 Å². The zero-order valence-corrected chi connectivity index (χ0v) is 13.3. The fourth-order valence-corrected chi connectivity index (χ4v) is 3.38. The van der Waals surface area contributed by atoms with Crippen LogP contribution < -0.4 is 0 Å². The van der Waals surface area contributed by atoms with Crippen LogP contribution in [0, 0.1) is 12.8 Å². The molecule has 1 saturated heterocycles. The number of halogens is 3. The summed E-state index contributed by atoms with van der Waals surface area (Å²) in [6, 6.07) is 1.65.